The average molecular weight is 244 g/mol. The number of halogens is 1. The Hall–Kier alpha value is -1.03. The summed E-state index contributed by atoms with van der Waals surface area (Å²) in [5.41, 5.74) is 0.521. The Labute approximate surface area is 85.2 Å². The van der Waals surface area contributed by atoms with E-state index in [9.17, 15) is 4.79 Å². The van der Waals surface area contributed by atoms with Crippen molar-refractivity contribution in [1.82, 2.24) is 5.32 Å². The predicted octanol–water partition coefficient (Wildman–Crippen LogP) is 1.82. The number of methoxy groups -OCH3 is 1. The summed E-state index contributed by atoms with van der Waals surface area (Å²) in [6, 6.07) is 5.36. The molecule has 1 amide bonds. The fraction of sp³-hybridized carbons (Fsp3) is 0.222. The zero-order chi connectivity index (χ0) is 9.84. The van der Waals surface area contributed by atoms with E-state index >= 15 is 0 Å². The van der Waals surface area contributed by atoms with Crippen LogP contribution in [-0.4, -0.2) is 20.1 Å². The summed E-state index contributed by atoms with van der Waals surface area (Å²) in [5.74, 6) is 0.401. The maximum absolute atomic E-state index is 11.4. The zero-order valence-corrected chi connectivity index (χ0v) is 9.01. The van der Waals surface area contributed by atoms with Gasteiger partial charge in [-0.2, -0.15) is 0 Å². The zero-order valence-electron chi connectivity index (χ0n) is 7.43. The molecule has 13 heavy (non-hydrogen) atoms. The fourth-order valence-electron chi connectivity index (χ4n) is 1.02. The van der Waals surface area contributed by atoms with Crippen molar-refractivity contribution in [2.75, 3.05) is 14.2 Å². The third kappa shape index (κ3) is 2.01. The molecule has 0 aromatic heterocycles. The van der Waals surface area contributed by atoms with E-state index in [0.717, 1.165) is 4.47 Å². The van der Waals surface area contributed by atoms with Crippen molar-refractivity contribution in [2.45, 2.75) is 0 Å². The highest BCUT2D eigenvalue weighted by molar-refractivity contribution is 9.10. The van der Waals surface area contributed by atoms with Gasteiger partial charge in [0.2, 0.25) is 0 Å². The second kappa shape index (κ2) is 4.28. The van der Waals surface area contributed by atoms with Crippen LogP contribution in [0.2, 0.25) is 0 Å². The molecular formula is C9H10BrNO2. The average Bonchev–Trinajstić information content (AvgIpc) is 2.16. The van der Waals surface area contributed by atoms with Crippen LogP contribution in [0.15, 0.2) is 22.7 Å². The SMILES string of the molecule is CNC(=O)c1c(Br)cccc1OC. The highest BCUT2D eigenvalue weighted by Gasteiger charge is 2.13. The monoisotopic (exact) mass is 243 g/mol. The number of rotatable bonds is 2. The van der Waals surface area contributed by atoms with Gasteiger partial charge < -0.3 is 10.1 Å². The summed E-state index contributed by atoms with van der Waals surface area (Å²) in [4.78, 5) is 11.4. The van der Waals surface area contributed by atoms with Gasteiger partial charge in [0.1, 0.15) is 5.75 Å². The van der Waals surface area contributed by atoms with E-state index in [1.807, 2.05) is 6.07 Å². The molecule has 0 saturated carbocycles. The van der Waals surface area contributed by atoms with Crippen LogP contribution in [0.3, 0.4) is 0 Å². The molecule has 1 rings (SSSR count). The van der Waals surface area contributed by atoms with Gasteiger partial charge in [0.15, 0.2) is 0 Å². The van der Waals surface area contributed by atoms with Crippen LogP contribution >= 0.6 is 15.9 Å². The summed E-state index contributed by atoms with van der Waals surface area (Å²) >= 11 is 3.29. The van der Waals surface area contributed by atoms with Crippen LogP contribution in [0.25, 0.3) is 0 Å². The van der Waals surface area contributed by atoms with Gasteiger partial charge in [0.25, 0.3) is 5.91 Å². The number of carbonyl (C=O) groups is 1. The van der Waals surface area contributed by atoms with Crippen molar-refractivity contribution in [1.29, 1.82) is 0 Å². The Bertz CT molecular complexity index is 325. The Morgan fingerprint density at radius 3 is 2.77 bits per heavy atom. The molecule has 0 aliphatic heterocycles. The summed E-state index contributed by atoms with van der Waals surface area (Å²) in [7, 11) is 3.12. The first-order valence-corrected chi connectivity index (χ1v) is 4.54. The number of benzene rings is 1. The van der Waals surface area contributed by atoms with E-state index in [1.165, 1.54) is 7.11 Å². The molecular weight excluding hydrogens is 234 g/mol. The lowest BCUT2D eigenvalue weighted by Crippen LogP contribution is -2.19. The second-order valence-electron chi connectivity index (χ2n) is 2.40. The molecule has 1 aromatic carbocycles. The van der Waals surface area contributed by atoms with Crippen molar-refractivity contribution in [3.63, 3.8) is 0 Å². The van der Waals surface area contributed by atoms with Crippen LogP contribution in [0.4, 0.5) is 0 Å². The first kappa shape index (κ1) is 10.1. The van der Waals surface area contributed by atoms with Crippen LogP contribution < -0.4 is 10.1 Å². The van der Waals surface area contributed by atoms with Gasteiger partial charge >= 0.3 is 0 Å². The molecule has 0 fully saturated rings. The highest BCUT2D eigenvalue weighted by Crippen LogP contribution is 2.26. The lowest BCUT2D eigenvalue weighted by Gasteiger charge is -2.08. The predicted molar refractivity (Wildman–Crippen MR) is 54.1 cm³/mol. The van der Waals surface area contributed by atoms with Crippen LogP contribution in [0.5, 0.6) is 5.75 Å². The van der Waals surface area contributed by atoms with Gasteiger partial charge in [-0.1, -0.05) is 6.07 Å². The van der Waals surface area contributed by atoms with Crippen LogP contribution in [0, 0.1) is 0 Å². The van der Waals surface area contributed by atoms with Gasteiger partial charge in [-0.25, -0.2) is 0 Å². The summed E-state index contributed by atoms with van der Waals surface area (Å²) in [6.45, 7) is 0. The van der Waals surface area contributed by atoms with E-state index in [2.05, 4.69) is 21.2 Å². The number of carbonyl (C=O) groups excluding carboxylic acids is 1. The lowest BCUT2D eigenvalue weighted by atomic mass is 10.2. The molecule has 0 aliphatic carbocycles. The lowest BCUT2D eigenvalue weighted by molar-refractivity contribution is 0.0959. The third-order valence-electron chi connectivity index (χ3n) is 1.65. The maximum Gasteiger partial charge on any atom is 0.255 e. The molecule has 70 valence electrons. The van der Waals surface area contributed by atoms with Gasteiger partial charge in [-0.15, -0.1) is 0 Å². The Balaban J connectivity index is 3.22. The van der Waals surface area contributed by atoms with Gasteiger partial charge in [0, 0.05) is 11.5 Å². The molecule has 4 heteroatoms. The molecule has 1 aromatic rings. The first-order valence-electron chi connectivity index (χ1n) is 3.75. The number of amides is 1. The number of nitrogens with one attached hydrogen (secondary N) is 1. The molecule has 0 radical (unpaired) electrons. The topological polar surface area (TPSA) is 38.3 Å². The summed E-state index contributed by atoms with van der Waals surface area (Å²) in [5, 5.41) is 2.55. The standard InChI is InChI=1S/C9H10BrNO2/c1-11-9(12)8-6(10)4-3-5-7(8)13-2/h3-5H,1-2H3,(H,11,12). The Morgan fingerprint density at radius 1 is 1.54 bits per heavy atom. The van der Waals surface area contributed by atoms with Gasteiger partial charge in [-0.3, -0.25) is 4.79 Å². The molecule has 0 spiro atoms. The largest absolute Gasteiger partial charge is 0.496 e. The van der Waals surface area contributed by atoms with Gasteiger partial charge in [0.05, 0.1) is 12.7 Å². The summed E-state index contributed by atoms with van der Waals surface area (Å²) in [6.07, 6.45) is 0. The quantitative estimate of drug-likeness (QED) is 0.861. The van der Waals surface area contributed by atoms with Crippen molar-refractivity contribution < 1.29 is 9.53 Å². The smallest absolute Gasteiger partial charge is 0.255 e. The normalized spacial score (nSPS) is 9.46. The molecule has 3 nitrogen and oxygen atoms in total. The minimum absolute atomic E-state index is 0.163. The molecule has 0 heterocycles. The summed E-state index contributed by atoms with van der Waals surface area (Å²) < 4.78 is 5.79. The third-order valence-corrected chi connectivity index (χ3v) is 2.31. The van der Waals surface area contributed by atoms with E-state index in [4.69, 9.17) is 4.74 Å². The maximum atomic E-state index is 11.4. The van der Waals surface area contributed by atoms with E-state index in [0.29, 0.717) is 11.3 Å². The van der Waals surface area contributed by atoms with Crippen molar-refractivity contribution in [2.24, 2.45) is 0 Å². The highest BCUT2D eigenvalue weighted by atomic mass is 79.9. The van der Waals surface area contributed by atoms with Gasteiger partial charge in [-0.05, 0) is 28.1 Å². The van der Waals surface area contributed by atoms with E-state index in [1.54, 1.807) is 19.2 Å². The molecule has 0 aliphatic rings. The second-order valence-corrected chi connectivity index (χ2v) is 3.25. The van der Waals surface area contributed by atoms with E-state index < -0.39 is 0 Å². The minimum atomic E-state index is -0.163. The van der Waals surface area contributed by atoms with Crippen molar-refractivity contribution >= 4 is 21.8 Å². The number of hydrogen-bond donors (Lipinski definition) is 1. The molecule has 0 bridgehead atoms. The molecule has 0 saturated heterocycles. The Kier molecular flexibility index (Phi) is 3.31. The van der Waals surface area contributed by atoms with E-state index in [-0.39, 0.29) is 5.91 Å². The first-order chi connectivity index (χ1) is 6.20. The molecule has 1 N–H and O–H groups in total. The molecule has 0 unspecified atom stereocenters. The minimum Gasteiger partial charge on any atom is -0.496 e. The number of ether oxygens (including phenoxy) is 1. The molecule has 0 atom stereocenters. The number of hydrogen-bond acceptors (Lipinski definition) is 2. The van der Waals surface area contributed by atoms with Crippen LogP contribution in [0.1, 0.15) is 10.4 Å². The Morgan fingerprint density at radius 2 is 2.23 bits per heavy atom. The van der Waals surface area contributed by atoms with Crippen molar-refractivity contribution in [3.8, 4) is 5.75 Å². The van der Waals surface area contributed by atoms with Crippen LogP contribution in [-0.2, 0) is 0 Å². The van der Waals surface area contributed by atoms with Crippen molar-refractivity contribution in [3.05, 3.63) is 28.2 Å². The fourth-order valence-corrected chi connectivity index (χ4v) is 1.55.